The normalized spacial score (nSPS) is 17.1. The molecule has 2 rings (SSSR count). The first-order valence-electron chi connectivity index (χ1n) is 7.21. The molecule has 0 aromatic heterocycles. The molecule has 0 spiro atoms. The molecule has 0 aliphatic carbocycles. The molecule has 1 aliphatic rings. The maximum absolute atomic E-state index is 12.3. The van der Waals surface area contributed by atoms with Crippen molar-refractivity contribution in [3.05, 3.63) is 29.8 Å². The van der Waals surface area contributed by atoms with Crippen molar-refractivity contribution in [3.8, 4) is 5.75 Å². The number of morpholine rings is 1. The Labute approximate surface area is 120 Å². The fourth-order valence-electron chi connectivity index (χ4n) is 2.24. The van der Waals surface area contributed by atoms with E-state index >= 15 is 0 Å². The molecule has 110 valence electrons. The van der Waals surface area contributed by atoms with Crippen LogP contribution in [0.4, 0.5) is 0 Å². The number of ether oxygens (including phenoxy) is 2. The summed E-state index contributed by atoms with van der Waals surface area (Å²) < 4.78 is 11.0. The summed E-state index contributed by atoms with van der Waals surface area (Å²) in [6, 6.07) is 7.95. The van der Waals surface area contributed by atoms with Gasteiger partial charge in [0.2, 0.25) is 0 Å². The van der Waals surface area contributed by atoms with Crippen LogP contribution in [-0.2, 0) is 9.53 Å². The molecule has 1 saturated heterocycles. The van der Waals surface area contributed by atoms with Crippen molar-refractivity contribution in [1.82, 2.24) is 4.90 Å². The second-order valence-electron chi connectivity index (χ2n) is 5.42. The molecule has 0 radical (unpaired) electrons. The lowest BCUT2D eigenvalue weighted by Gasteiger charge is -2.29. The van der Waals surface area contributed by atoms with Crippen LogP contribution < -0.4 is 4.74 Å². The van der Waals surface area contributed by atoms with Gasteiger partial charge in [-0.25, -0.2) is 0 Å². The van der Waals surface area contributed by atoms with Crippen molar-refractivity contribution < 1.29 is 14.3 Å². The SMILES string of the molecule is CC(C)c1cccc(O[C@@H](C)C(=O)N2CCOCC2)c1. The number of carbonyl (C=O) groups is 1. The van der Waals surface area contributed by atoms with E-state index < -0.39 is 6.10 Å². The summed E-state index contributed by atoms with van der Waals surface area (Å²) in [6.07, 6.45) is -0.462. The molecule has 1 aromatic carbocycles. The van der Waals surface area contributed by atoms with Crippen molar-refractivity contribution in [3.63, 3.8) is 0 Å². The highest BCUT2D eigenvalue weighted by atomic mass is 16.5. The van der Waals surface area contributed by atoms with Gasteiger partial charge in [0.15, 0.2) is 6.10 Å². The first kappa shape index (κ1) is 14.9. The Kier molecular flexibility index (Phi) is 5.01. The predicted molar refractivity (Wildman–Crippen MR) is 78.0 cm³/mol. The lowest BCUT2D eigenvalue weighted by molar-refractivity contribution is -0.142. The molecule has 1 heterocycles. The Morgan fingerprint density at radius 3 is 2.60 bits per heavy atom. The van der Waals surface area contributed by atoms with E-state index in [0.717, 1.165) is 5.75 Å². The minimum absolute atomic E-state index is 0.0308. The molecule has 4 heteroatoms. The fourth-order valence-corrected chi connectivity index (χ4v) is 2.24. The number of hydrogen-bond acceptors (Lipinski definition) is 3. The number of nitrogens with zero attached hydrogens (tertiary/aromatic N) is 1. The van der Waals surface area contributed by atoms with Gasteiger partial charge in [-0.3, -0.25) is 4.79 Å². The first-order chi connectivity index (χ1) is 9.58. The second kappa shape index (κ2) is 6.75. The van der Waals surface area contributed by atoms with E-state index in [0.29, 0.717) is 32.2 Å². The van der Waals surface area contributed by atoms with Crippen molar-refractivity contribution in [1.29, 1.82) is 0 Å². The topological polar surface area (TPSA) is 38.8 Å². The van der Waals surface area contributed by atoms with Crippen LogP contribution in [0.15, 0.2) is 24.3 Å². The average molecular weight is 277 g/mol. The van der Waals surface area contributed by atoms with Crippen molar-refractivity contribution in [2.45, 2.75) is 32.8 Å². The molecule has 1 aliphatic heterocycles. The Balaban J connectivity index is 1.97. The lowest BCUT2D eigenvalue weighted by atomic mass is 10.0. The molecule has 0 bridgehead atoms. The minimum atomic E-state index is -0.462. The zero-order valence-electron chi connectivity index (χ0n) is 12.5. The van der Waals surface area contributed by atoms with Gasteiger partial charge < -0.3 is 14.4 Å². The van der Waals surface area contributed by atoms with Crippen LogP contribution in [0, 0.1) is 0 Å². The molecule has 4 nitrogen and oxygen atoms in total. The fraction of sp³-hybridized carbons (Fsp3) is 0.562. The smallest absolute Gasteiger partial charge is 0.263 e. The first-order valence-corrected chi connectivity index (χ1v) is 7.21. The standard InChI is InChI=1S/C16H23NO3/c1-12(2)14-5-4-6-15(11-14)20-13(3)16(18)17-7-9-19-10-8-17/h4-6,11-13H,7-10H2,1-3H3/t13-/m0/s1. The van der Waals surface area contributed by atoms with Crippen LogP contribution in [0.2, 0.25) is 0 Å². The third-order valence-electron chi connectivity index (χ3n) is 3.51. The van der Waals surface area contributed by atoms with E-state index in [1.165, 1.54) is 5.56 Å². The minimum Gasteiger partial charge on any atom is -0.481 e. The van der Waals surface area contributed by atoms with Crippen molar-refractivity contribution in [2.75, 3.05) is 26.3 Å². The highest BCUT2D eigenvalue weighted by molar-refractivity contribution is 5.81. The molecule has 1 aromatic rings. The molecular formula is C16H23NO3. The summed E-state index contributed by atoms with van der Waals surface area (Å²) >= 11 is 0. The van der Waals surface area contributed by atoms with Crippen molar-refractivity contribution >= 4 is 5.91 Å². The van der Waals surface area contributed by atoms with Gasteiger partial charge in [0.1, 0.15) is 5.75 Å². The number of hydrogen-bond donors (Lipinski definition) is 0. The second-order valence-corrected chi connectivity index (χ2v) is 5.42. The highest BCUT2D eigenvalue weighted by Gasteiger charge is 2.23. The maximum Gasteiger partial charge on any atom is 0.263 e. The van der Waals surface area contributed by atoms with E-state index in [9.17, 15) is 4.79 Å². The monoisotopic (exact) mass is 277 g/mol. The molecule has 0 N–H and O–H groups in total. The van der Waals surface area contributed by atoms with Gasteiger partial charge in [0.25, 0.3) is 5.91 Å². The van der Waals surface area contributed by atoms with E-state index in [1.54, 1.807) is 11.8 Å². The van der Waals surface area contributed by atoms with Crippen LogP contribution in [0.1, 0.15) is 32.3 Å². The molecular weight excluding hydrogens is 254 g/mol. The third kappa shape index (κ3) is 3.73. The number of amides is 1. The zero-order valence-corrected chi connectivity index (χ0v) is 12.5. The quantitative estimate of drug-likeness (QED) is 0.848. The summed E-state index contributed by atoms with van der Waals surface area (Å²) in [5, 5.41) is 0. The van der Waals surface area contributed by atoms with Gasteiger partial charge in [-0.15, -0.1) is 0 Å². The number of rotatable bonds is 4. The number of carbonyl (C=O) groups excluding carboxylic acids is 1. The van der Waals surface area contributed by atoms with E-state index in [1.807, 2.05) is 18.2 Å². The summed E-state index contributed by atoms with van der Waals surface area (Å²) in [4.78, 5) is 14.1. The van der Waals surface area contributed by atoms with E-state index in [-0.39, 0.29) is 5.91 Å². The Hall–Kier alpha value is -1.55. The predicted octanol–water partition coefficient (Wildman–Crippen LogP) is 2.44. The van der Waals surface area contributed by atoms with Crippen LogP contribution in [-0.4, -0.2) is 43.2 Å². The third-order valence-corrected chi connectivity index (χ3v) is 3.51. The van der Waals surface area contributed by atoms with Crippen LogP contribution >= 0.6 is 0 Å². The van der Waals surface area contributed by atoms with Crippen molar-refractivity contribution in [2.24, 2.45) is 0 Å². The molecule has 0 unspecified atom stereocenters. The van der Waals surface area contributed by atoms with Crippen LogP contribution in [0.25, 0.3) is 0 Å². The van der Waals surface area contributed by atoms with Gasteiger partial charge in [0.05, 0.1) is 13.2 Å². The van der Waals surface area contributed by atoms with Gasteiger partial charge in [-0.05, 0) is 30.5 Å². The average Bonchev–Trinajstić information content (AvgIpc) is 2.47. The lowest BCUT2D eigenvalue weighted by Crippen LogP contribution is -2.46. The molecule has 1 fully saturated rings. The van der Waals surface area contributed by atoms with Crippen LogP contribution in [0.3, 0.4) is 0 Å². The Morgan fingerprint density at radius 2 is 1.95 bits per heavy atom. The summed E-state index contributed by atoms with van der Waals surface area (Å²) in [5.41, 5.74) is 1.22. The van der Waals surface area contributed by atoms with Gasteiger partial charge >= 0.3 is 0 Å². The molecule has 1 amide bonds. The largest absolute Gasteiger partial charge is 0.481 e. The van der Waals surface area contributed by atoms with Gasteiger partial charge in [-0.2, -0.15) is 0 Å². The number of benzene rings is 1. The molecule has 1 atom stereocenters. The summed E-state index contributed by atoms with van der Waals surface area (Å²) in [7, 11) is 0. The van der Waals surface area contributed by atoms with E-state index in [4.69, 9.17) is 9.47 Å². The Morgan fingerprint density at radius 1 is 1.25 bits per heavy atom. The summed E-state index contributed by atoms with van der Waals surface area (Å²) in [5.74, 6) is 1.23. The highest BCUT2D eigenvalue weighted by Crippen LogP contribution is 2.21. The summed E-state index contributed by atoms with van der Waals surface area (Å²) in [6.45, 7) is 8.61. The maximum atomic E-state index is 12.3. The zero-order chi connectivity index (χ0) is 14.5. The van der Waals surface area contributed by atoms with Gasteiger partial charge in [-0.1, -0.05) is 26.0 Å². The molecule has 0 saturated carbocycles. The van der Waals surface area contributed by atoms with E-state index in [2.05, 4.69) is 19.9 Å². The van der Waals surface area contributed by atoms with Crippen LogP contribution in [0.5, 0.6) is 5.75 Å². The molecule has 20 heavy (non-hydrogen) atoms. The Bertz CT molecular complexity index is 453. The van der Waals surface area contributed by atoms with Gasteiger partial charge in [0, 0.05) is 13.1 Å².